The number of carbonyl (C=O) groups is 1. The van der Waals surface area contributed by atoms with Crippen LogP contribution in [0.25, 0.3) is 10.2 Å². The lowest BCUT2D eigenvalue weighted by atomic mass is 10.2. The van der Waals surface area contributed by atoms with Gasteiger partial charge in [-0.2, -0.15) is 11.8 Å². The Morgan fingerprint density at radius 3 is 2.82 bits per heavy atom. The maximum atomic E-state index is 12.5. The molecule has 0 saturated carbocycles. The summed E-state index contributed by atoms with van der Waals surface area (Å²) in [6.45, 7) is 0. The van der Waals surface area contributed by atoms with Gasteiger partial charge in [0.2, 0.25) is 5.91 Å². The number of H-pyrrole nitrogens is 1. The number of benzene rings is 1. The van der Waals surface area contributed by atoms with Crippen LogP contribution in [0.1, 0.15) is 29.1 Å². The van der Waals surface area contributed by atoms with E-state index in [1.54, 1.807) is 29.3 Å². The predicted molar refractivity (Wildman–Crippen MR) is 136 cm³/mol. The van der Waals surface area contributed by atoms with Crippen molar-refractivity contribution in [2.45, 2.75) is 31.4 Å². The summed E-state index contributed by atoms with van der Waals surface area (Å²) in [6, 6.07) is 13.4. The van der Waals surface area contributed by atoms with Crippen LogP contribution < -0.4 is 16.2 Å². The average molecular weight is 478 g/mol. The molecule has 3 aromatic heterocycles. The van der Waals surface area contributed by atoms with Crippen LogP contribution in [0.4, 0.5) is 17.2 Å². The first-order valence-electron chi connectivity index (χ1n) is 10.8. The van der Waals surface area contributed by atoms with Crippen LogP contribution in [-0.2, 0) is 23.4 Å². The van der Waals surface area contributed by atoms with E-state index >= 15 is 0 Å². The van der Waals surface area contributed by atoms with Crippen LogP contribution in [0.5, 0.6) is 0 Å². The number of hydrogen-bond acceptors (Lipinski definition) is 7. The molecule has 1 amide bonds. The number of nitrogens with one attached hydrogen (secondary N) is 3. The minimum Gasteiger partial charge on any atom is -0.340 e. The summed E-state index contributed by atoms with van der Waals surface area (Å²) >= 11 is 3.23. The summed E-state index contributed by atoms with van der Waals surface area (Å²) in [6.07, 6.45) is 5.16. The average Bonchev–Trinajstić information content (AvgIpc) is 3.40. The maximum Gasteiger partial charge on any atom is 0.259 e. The number of thioether (sulfide) groups is 1. The normalized spacial score (nSPS) is 12.6. The summed E-state index contributed by atoms with van der Waals surface area (Å²) < 4.78 is 0. The van der Waals surface area contributed by atoms with Gasteiger partial charge in [-0.05, 0) is 49.1 Å². The topological polar surface area (TPSA) is 99.8 Å². The fourth-order valence-corrected chi connectivity index (χ4v) is 5.97. The third-order valence-corrected chi connectivity index (χ3v) is 7.59. The first-order chi connectivity index (χ1) is 16.2. The number of rotatable bonds is 8. The van der Waals surface area contributed by atoms with Crippen molar-refractivity contribution in [3.63, 3.8) is 0 Å². The lowest BCUT2D eigenvalue weighted by Gasteiger charge is -2.08. The minimum absolute atomic E-state index is 0.0366. The minimum atomic E-state index is -0.0698. The molecule has 1 aromatic carbocycles. The number of carbonyl (C=O) groups excluding carboxylic acids is 1. The number of anilines is 3. The molecular formula is C24H23N5O2S2. The Hall–Kier alpha value is -3.17. The third kappa shape index (κ3) is 5.09. The van der Waals surface area contributed by atoms with E-state index in [0.29, 0.717) is 35.3 Å². The number of pyridine rings is 1. The Morgan fingerprint density at radius 2 is 2.00 bits per heavy atom. The molecule has 0 bridgehead atoms. The Kier molecular flexibility index (Phi) is 6.41. The number of thiophene rings is 1. The molecule has 0 aliphatic heterocycles. The molecule has 4 aromatic rings. The van der Waals surface area contributed by atoms with Gasteiger partial charge in [-0.25, -0.2) is 9.97 Å². The first kappa shape index (κ1) is 21.7. The highest BCUT2D eigenvalue weighted by Gasteiger charge is 2.21. The van der Waals surface area contributed by atoms with Gasteiger partial charge in [0.15, 0.2) is 0 Å². The van der Waals surface area contributed by atoms with E-state index in [9.17, 15) is 9.59 Å². The number of nitrogens with zero attached hydrogens (tertiary/aromatic N) is 2. The van der Waals surface area contributed by atoms with Crippen LogP contribution in [0.3, 0.4) is 0 Å². The van der Waals surface area contributed by atoms with E-state index in [2.05, 4.69) is 25.6 Å². The molecule has 168 valence electrons. The van der Waals surface area contributed by atoms with Crippen molar-refractivity contribution in [2.24, 2.45) is 0 Å². The summed E-state index contributed by atoms with van der Waals surface area (Å²) in [5.41, 5.74) is 2.77. The van der Waals surface area contributed by atoms with Gasteiger partial charge in [0, 0.05) is 22.7 Å². The van der Waals surface area contributed by atoms with Gasteiger partial charge < -0.3 is 15.6 Å². The Morgan fingerprint density at radius 1 is 1.12 bits per heavy atom. The van der Waals surface area contributed by atoms with E-state index in [4.69, 9.17) is 0 Å². The third-order valence-electron chi connectivity index (χ3n) is 5.43. The highest BCUT2D eigenvalue weighted by atomic mass is 32.2. The summed E-state index contributed by atoms with van der Waals surface area (Å²) in [5.74, 6) is 2.52. The Labute approximate surface area is 199 Å². The smallest absolute Gasteiger partial charge is 0.259 e. The number of aromatic amines is 1. The summed E-state index contributed by atoms with van der Waals surface area (Å²) in [4.78, 5) is 38.9. The van der Waals surface area contributed by atoms with Crippen LogP contribution in [-0.4, -0.2) is 26.6 Å². The fraction of sp³-hybridized carbons (Fsp3) is 0.250. The molecule has 7 nitrogen and oxygen atoms in total. The molecule has 9 heteroatoms. The number of aromatic nitrogens is 3. The van der Waals surface area contributed by atoms with Gasteiger partial charge in [-0.3, -0.25) is 9.59 Å². The molecule has 33 heavy (non-hydrogen) atoms. The molecule has 0 spiro atoms. The quantitative estimate of drug-likeness (QED) is 0.313. The molecular weight excluding hydrogens is 454 g/mol. The maximum absolute atomic E-state index is 12.5. The van der Waals surface area contributed by atoms with Gasteiger partial charge in [0.25, 0.3) is 5.56 Å². The molecule has 0 saturated heterocycles. The van der Waals surface area contributed by atoms with Gasteiger partial charge in [0.1, 0.15) is 16.5 Å². The SMILES string of the molecule is O=C(CCSCc1nc2sc3c(c2c(=O)[nH]1)CCC3)Nc1ccc(Nc2ccccc2)nc1. The standard InChI is InChI=1S/C24H23N5O2S2/c30-21(27-16-9-10-19(25-13-16)26-15-5-2-1-3-6-15)11-12-32-14-20-28-23(31)22-17-7-4-8-18(17)33-24(22)29-20/h1-3,5-6,9-10,13H,4,7-8,11-12,14H2,(H,25,26)(H,27,30)(H,28,29,31). The predicted octanol–water partition coefficient (Wildman–Crippen LogP) is 4.87. The monoisotopic (exact) mass is 477 g/mol. The fourth-order valence-electron chi connectivity index (χ4n) is 3.88. The Bertz CT molecular complexity index is 1330. The van der Waals surface area contributed by atoms with Crippen molar-refractivity contribution < 1.29 is 4.79 Å². The molecule has 3 heterocycles. The largest absolute Gasteiger partial charge is 0.340 e. The van der Waals surface area contributed by atoms with Crippen molar-refractivity contribution in [2.75, 3.05) is 16.4 Å². The first-order valence-corrected chi connectivity index (χ1v) is 12.8. The van der Waals surface area contributed by atoms with Gasteiger partial charge in [-0.15, -0.1) is 11.3 Å². The van der Waals surface area contributed by atoms with E-state index in [1.807, 2.05) is 42.5 Å². The van der Waals surface area contributed by atoms with Crippen LogP contribution in [0.2, 0.25) is 0 Å². The second-order valence-electron chi connectivity index (χ2n) is 7.82. The van der Waals surface area contributed by atoms with Crippen molar-refractivity contribution in [1.82, 2.24) is 15.0 Å². The molecule has 0 unspecified atom stereocenters. The highest BCUT2D eigenvalue weighted by molar-refractivity contribution is 7.98. The molecule has 0 fully saturated rings. The van der Waals surface area contributed by atoms with Gasteiger partial charge in [0.05, 0.1) is 23.0 Å². The number of aryl methyl sites for hydroxylation is 2. The Balaban J connectivity index is 1.09. The lowest BCUT2D eigenvalue weighted by molar-refractivity contribution is -0.115. The molecule has 5 rings (SSSR count). The zero-order chi connectivity index (χ0) is 22.6. The number of fused-ring (bicyclic) bond motifs is 3. The van der Waals surface area contributed by atoms with E-state index < -0.39 is 0 Å². The lowest BCUT2D eigenvalue weighted by Crippen LogP contribution is -2.13. The van der Waals surface area contributed by atoms with Crippen LogP contribution in [0, 0.1) is 0 Å². The van der Waals surface area contributed by atoms with Crippen molar-refractivity contribution in [3.05, 3.63) is 75.3 Å². The molecule has 1 aliphatic carbocycles. The van der Waals surface area contributed by atoms with Gasteiger partial charge >= 0.3 is 0 Å². The van der Waals surface area contributed by atoms with Crippen molar-refractivity contribution in [3.8, 4) is 0 Å². The number of amides is 1. The van der Waals surface area contributed by atoms with Crippen molar-refractivity contribution in [1.29, 1.82) is 0 Å². The summed E-state index contributed by atoms with van der Waals surface area (Å²) in [7, 11) is 0. The molecule has 0 radical (unpaired) electrons. The molecule has 1 aliphatic rings. The second kappa shape index (κ2) is 9.76. The van der Waals surface area contributed by atoms with Crippen LogP contribution in [0.15, 0.2) is 53.5 Å². The van der Waals surface area contributed by atoms with Gasteiger partial charge in [-0.1, -0.05) is 18.2 Å². The van der Waals surface area contributed by atoms with E-state index in [0.717, 1.165) is 35.2 Å². The van der Waals surface area contributed by atoms with Crippen molar-refractivity contribution >= 4 is 56.4 Å². The molecule has 0 atom stereocenters. The second-order valence-corrected chi connectivity index (χ2v) is 10.0. The highest BCUT2D eigenvalue weighted by Crippen LogP contribution is 2.34. The van der Waals surface area contributed by atoms with Crippen LogP contribution >= 0.6 is 23.1 Å². The number of para-hydroxylation sites is 1. The zero-order valence-corrected chi connectivity index (χ0v) is 19.5. The van der Waals surface area contributed by atoms with E-state index in [1.165, 1.54) is 10.4 Å². The molecule has 3 N–H and O–H groups in total. The van der Waals surface area contributed by atoms with E-state index in [-0.39, 0.29) is 11.5 Å². The number of hydrogen-bond donors (Lipinski definition) is 3. The zero-order valence-electron chi connectivity index (χ0n) is 17.9. The summed E-state index contributed by atoms with van der Waals surface area (Å²) in [5, 5.41) is 6.86.